The number of nitrogens with one attached hydrogen (secondary N) is 3. The summed E-state index contributed by atoms with van der Waals surface area (Å²) in [5.74, 6) is 0.541. The average molecular weight is 211 g/mol. The first-order valence-electron chi connectivity index (χ1n) is 6.03. The molecule has 2 unspecified atom stereocenters. The molecule has 1 saturated heterocycles. The largest absolute Gasteiger partial charge is 0.335 e. The molecule has 2 amide bonds. The van der Waals surface area contributed by atoms with Gasteiger partial charge in [0.1, 0.15) is 0 Å². The minimum atomic E-state index is 0.0162. The van der Waals surface area contributed by atoms with Crippen LogP contribution >= 0.6 is 0 Å². The van der Waals surface area contributed by atoms with Crippen molar-refractivity contribution in [1.82, 2.24) is 16.0 Å². The van der Waals surface area contributed by atoms with Crippen LogP contribution in [-0.4, -0.2) is 31.2 Å². The normalized spacial score (nSPS) is 31.8. The standard InChI is InChI=1S/C11H21N3O/c1-8-6-12-7-10(8)14-11(15)13-9-4-2-3-5-9/h8-10,12H,2-7H2,1H3,(H2,13,14,15). The van der Waals surface area contributed by atoms with Crippen molar-refractivity contribution in [3.05, 3.63) is 0 Å². The predicted octanol–water partition coefficient (Wildman–Crippen LogP) is 0.836. The maximum Gasteiger partial charge on any atom is 0.315 e. The van der Waals surface area contributed by atoms with Gasteiger partial charge in [-0.25, -0.2) is 4.79 Å². The molecule has 2 rings (SSSR count). The van der Waals surface area contributed by atoms with Crippen molar-refractivity contribution < 1.29 is 4.79 Å². The highest BCUT2D eigenvalue weighted by Crippen LogP contribution is 2.17. The van der Waals surface area contributed by atoms with Gasteiger partial charge in [0, 0.05) is 18.6 Å². The molecule has 3 N–H and O–H groups in total. The van der Waals surface area contributed by atoms with Gasteiger partial charge in [-0.2, -0.15) is 0 Å². The van der Waals surface area contributed by atoms with Gasteiger partial charge >= 0.3 is 6.03 Å². The van der Waals surface area contributed by atoms with E-state index in [9.17, 15) is 4.79 Å². The number of urea groups is 1. The van der Waals surface area contributed by atoms with E-state index < -0.39 is 0 Å². The van der Waals surface area contributed by atoms with Crippen LogP contribution in [0.1, 0.15) is 32.6 Å². The maximum atomic E-state index is 11.7. The highest BCUT2D eigenvalue weighted by Gasteiger charge is 2.25. The second-order valence-corrected chi connectivity index (χ2v) is 4.84. The minimum absolute atomic E-state index is 0.0162. The Hall–Kier alpha value is -0.770. The quantitative estimate of drug-likeness (QED) is 0.634. The Balaban J connectivity index is 1.71. The van der Waals surface area contributed by atoms with Crippen LogP contribution in [0.4, 0.5) is 4.79 Å². The lowest BCUT2D eigenvalue weighted by Gasteiger charge is -2.19. The first-order valence-corrected chi connectivity index (χ1v) is 6.03. The van der Waals surface area contributed by atoms with E-state index in [0.29, 0.717) is 18.0 Å². The Kier molecular flexibility index (Phi) is 3.46. The lowest BCUT2D eigenvalue weighted by Crippen LogP contribution is -2.47. The topological polar surface area (TPSA) is 53.2 Å². The molecule has 0 spiro atoms. The van der Waals surface area contributed by atoms with Crippen LogP contribution in [0.3, 0.4) is 0 Å². The van der Waals surface area contributed by atoms with Crippen LogP contribution in [0, 0.1) is 5.92 Å². The number of amides is 2. The molecule has 86 valence electrons. The summed E-state index contributed by atoms with van der Waals surface area (Å²) in [6, 6.07) is 0.725. The van der Waals surface area contributed by atoms with Crippen LogP contribution < -0.4 is 16.0 Å². The molecule has 0 radical (unpaired) electrons. The third-order valence-electron chi connectivity index (χ3n) is 3.52. The molecule has 2 atom stereocenters. The van der Waals surface area contributed by atoms with Gasteiger partial charge in [0.05, 0.1) is 0 Å². The predicted molar refractivity (Wildman–Crippen MR) is 59.7 cm³/mol. The molecule has 0 bridgehead atoms. The summed E-state index contributed by atoms with van der Waals surface area (Å²) in [5.41, 5.74) is 0. The summed E-state index contributed by atoms with van der Waals surface area (Å²) < 4.78 is 0. The van der Waals surface area contributed by atoms with Crippen molar-refractivity contribution in [2.45, 2.75) is 44.7 Å². The molecule has 0 aromatic heterocycles. The molecule has 0 aromatic carbocycles. The molecular weight excluding hydrogens is 190 g/mol. The van der Waals surface area contributed by atoms with Crippen LogP contribution in [0.2, 0.25) is 0 Å². The second kappa shape index (κ2) is 4.84. The third kappa shape index (κ3) is 2.84. The lowest BCUT2D eigenvalue weighted by molar-refractivity contribution is 0.231. The van der Waals surface area contributed by atoms with E-state index in [2.05, 4.69) is 22.9 Å². The monoisotopic (exact) mass is 211 g/mol. The summed E-state index contributed by atoms with van der Waals surface area (Å²) in [6.07, 6.45) is 4.80. The Bertz CT molecular complexity index is 226. The van der Waals surface area contributed by atoms with E-state index in [0.717, 1.165) is 25.9 Å². The van der Waals surface area contributed by atoms with Crippen molar-refractivity contribution in [2.24, 2.45) is 5.92 Å². The molecule has 1 aliphatic heterocycles. The molecule has 1 heterocycles. The average Bonchev–Trinajstić information content (AvgIpc) is 2.79. The summed E-state index contributed by atoms with van der Waals surface area (Å²) in [6.45, 7) is 4.08. The highest BCUT2D eigenvalue weighted by atomic mass is 16.2. The minimum Gasteiger partial charge on any atom is -0.335 e. The maximum absolute atomic E-state index is 11.7. The van der Waals surface area contributed by atoms with Crippen LogP contribution in [-0.2, 0) is 0 Å². The Labute approximate surface area is 91.2 Å². The van der Waals surface area contributed by atoms with Crippen LogP contribution in [0.25, 0.3) is 0 Å². The first kappa shape index (κ1) is 10.7. The van der Waals surface area contributed by atoms with Gasteiger partial charge < -0.3 is 16.0 Å². The van der Waals surface area contributed by atoms with Gasteiger partial charge in [-0.3, -0.25) is 0 Å². The van der Waals surface area contributed by atoms with E-state index in [1.165, 1.54) is 12.8 Å². The van der Waals surface area contributed by atoms with Gasteiger partial charge in [-0.05, 0) is 25.3 Å². The third-order valence-corrected chi connectivity index (χ3v) is 3.52. The number of hydrogen-bond donors (Lipinski definition) is 3. The van der Waals surface area contributed by atoms with E-state index >= 15 is 0 Å². The van der Waals surface area contributed by atoms with E-state index in [-0.39, 0.29) is 6.03 Å². The zero-order valence-electron chi connectivity index (χ0n) is 9.38. The fourth-order valence-corrected chi connectivity index (χ4v) is 2.47. The Morgan fingerprint density at radius 2 is 1.93 bits per heavy atom. The number of carbonyl (C=O) groups excluding carboxylic acids is 1. The van der Waals surface area contributed by atoms with Crippen molar-refractivity contribution in [3.63, 3.8) is 0 Å². The molecule has 1 aliphatic carbocycles. The number of carbonyl (C=O) groups is 1. The lowest BCUT2D eigenvalue weighted by atomic mass is 10.1. The number of rotatable bonds is 2. The fraction of sp³-hybridized carbons (Fsp3) is 0.909. The fourth-order valence-electron chi connectivity index (χ4n) is 2.47. The van der Waals surface area contributed by atoms with Crippen molar-refractivity contribution in [1.29, 1.82) is 0 Å². The van der Waals surface area contributed by atoms with Gasteiger partial charge in [0.2, 0.25) is 0 Å². The second-order valence-electron chi connectivity index (χ2n) is 4.84. The summed E-state index contributed by atoms with van der Waals surface area (Å²) >= 11 is 0. The van der Waals surface area contributed by atoms with Crippen LogP contribution in [0.15, 0.2) is 0 Å². The van der Waals surface area contributed by atoms with Gasteiger partial charge in [0.25, 0.3) is 0 Å². The van der Waals surface area contributed by atoms with Gasteiger partial charge in [-0.1, -0.05) is 19.8 Å². The molecule has 4 heteroatoms. The van der Waals surface area contributed by atoms with E-state index in [4.69, 9.17) is 0 Å². The van der Waals surface area contributed by atoms with Gasteiger partial charge in [0.15, 0.2) is 0 Å². The van der Waals surface area contributed by atoms with E-state index in [1.54, 1.807) is 0 Å². The molecular formula is C11H21N3O. The number of hydrogen-bond acceptors (Lipinski definition) is 2. The summed E-state index contributed by atoms with van der Waals surface area (Å²) in [7, 11) is 0. The zero-order valence-corrected chi connectivity index (χ0v) is 9.38. The SMILES string of the molecule is CC1CNCC1NC(=O)NC1CCCC1. The molecule has 0 aromatic rings. The van der Waals surface area contributed by atoms with Crippen molar-refractivity contribution >= 4 is 6.03 Å². The molecule has 2 aliphatic rings. The van der Waals surface area contributed by atoms with Gasteiger partial charge in [-0.15, -0.1) is 0 Å². The highest BCUT2D eigenvalue weighted by molar-refractivity contribution is 5.74. The molecule has 15 heavy (non-hydrogen) atoms. The molecule has 1 saturated carbocycles. The molecule has 2 fully saturated rings. The zero-order chi connectivity index (χ0) is 10.7. The smallest absolute Gasteiger partial charge is 0.315 e. The Morgan fingerprint density at radius 1 is 1.20 bits per heavy atom. The van der Waals surface area contributed by atoms with Crippen LogP contribution in [0.5, 0.6) is 0 Å². The summed E-state index contributed by atoms with van der Waals surface area (Å²) in [4.78, 5) is 11.7. The van der Waals surface area contributed by atoms with Crippen molar-refractivity contribution in [2.75, 3.05) is 13.1 Å². The Morgan fingerprint density at radius 3 is 2.53 bits per heavy atom. The first-order chi connectivity index (χ1) is 7.25. The molecule has 4 nitrogen and oxygen atoms in total. The van der Waals surface area contributed by atoms with Crippen molar-refractivity contribution in [3.8, 4) is 0 Å². The summed E-state index contributed by atoms with van der Waals surface area (Å²) in [5, 5.41) is 9.37. The van der Waals surface area contributed by atoms with E-state index in [1.807, 2.05) is 0 Å².